The number of anilines is 1. The fraction of sp³-hybridized carbons (Fsp3) is 0.700. The maximum Gasteiger partial charge on any atom is 0.214 e. The molecule has 3 rings (SSSR count). The molecule has 1 heterocycles. The number of rotatable bonds is 7. The first-order valence-corrected chi connectivity index (χ1v) is 11.5. The lowest BCUT2D eigenvalue weighted by molar-refractivity contribution is 0.164. The quantitative estimate of drug-likeness (QED) is 0.791. The summed E-state index contributed by atoms with van der Waals surface area (Å²) in [7, 11) is 0.861. The molecular weight excluding hydrogens is 346 g/mol. The van der Waals surface area contributed by atoms with E-state index >= 15 is 0 Å². The Bertz CT molecular complexity index is 661. The van der Waals surface area contributed by atoms with E-state index in [1.807, 2.05) is 14.1 Å². The smallest absolute Gasteiger partial charge is 0.214 e. The Kier molecular flexibility index (Phi) is 6.59. The molecule has 1 aromatic carbocycles. The van der Waals surface area contributed by atoms with E-state index in [-0.39, 0.29) is 11.3 Å². The van der Waals surface area contributed by atoms with Crippen LogP contribution in [0.1, 0.15) is 56.6 Å². The van der Waals surface area contributed by atoms with E-state index in [2.05, 4.69) is 38.8 Å². The van der Waals surface area contributed by atoms with Gasteiger partial charge in [-0.2, -0.15) is 0 Å². The minimum absolute atomic E-state index is 0.114. The van der Waals surface area contributed by atoms with Gasteiger partial charge in [0.1, 0.15) is 0 Å². The van der Waals surface area contributed by atoms with E-state index in [1.54, 1.807) is 0 Å². The number of hydrogen-bond acceptors (Lipinski definition) is 4. The minimum atomic E-state index is -3.21. The maximum atomic E-state index is 12.7. The first kappa shape index (κ1) is 19.6. The Hall–Kier alpha value is -1.11. The van der Waals surface area contributed by atoms with E-state index in [9.17, 15) is 8.42 Å². The minimum Gasteiger partial charge on any atom is -0.378 e. The molecule has 1 saturated heterocycles. The van der Waals surface area contributed by atoms with Gasteiger partial charge in [-0.15, -0.1) is 0 Å². The molecule has 1 saturated carbocycles. The molecule has 26 heavy (non-hydrogen) atoms. The third-order valence-electron chi connectivity index (χ3n) is 5.84. The Labute approximate surface area is 158 Å². The molecule has 0 spiro atoms. The average Bonchev–Trinajstić information content (AvgIpc) is 3.19. The summed E-state index contributed by atoms with van der Waals surface area (Å²) in [5.41, 5.74) is 2.37. The number of likely N-dealkylation sites (tertiary alicyclic amines) is 1. The van der Waals surface area contributed by atoms with E-state index in [1.165, 1.54) is 24.8 Å². The van der Waals surface area contributed by atoms with Crippen molar-refractivity contribution in [1.29, 1.82) is 0 Å². The molecule has 6 heteroatoms. The third-order valence-corrected chi connectivity index (χ3v) is 7.76. The normalized spacial score (nSPS) is 21.0. The molecule has 1 N–H and O–H groups in total. The SMILES string of the molecule is CN(C)c1ccc(C(CNS(=O)(=O)C2CCCC2)N2CCCCC2)cc1. The van der Waals surface area contributed by atoms with Gasteiger partial charge < -0.3 is 4.90 Å². The summed E-state index contributed by atoms with van der Waals surface area (Å²) in [6, 6.07) is 8.66. The van der Waals surface area contributed by atoms with Crippen molar-refractivity contribution < 1.29 is 8.42 Å². The van der Waals surface area contributed by atoms with Crippen LogP contribution in [0.3, 0.4) is 0 Å². The lowest BCUT2D eigenvalue weighted by Crippen LogP contribution is -2.42. The molecule has 1 unspecified atom stereocenters. The summed E-state index contributed by atoms with van der Waals surface area (Å²) >= 11 is 0. The first-order chi connectivity index (χ1) is 12.5. The molecule has 1 aromatic rings. The van der Waals surface area contributed by atoms with Crippen molar-refractivity contribution in [2.45, 2.75) is 56.2 Å². The van der Waals surface area contributed by atoms with Crippen LogP contribution in [0.4, 0.5) is 5.69 Å². The molecule has 0 amide bonds. The molecular formula is C20H33N3O2S. The van der Waals surface area contributed by atoms with Crippen molar-refractivity contribution in [1.82, 2.24) is 9.62 Å². The number of piperidine rings is 1. The van der Waals surface area contributed by atoms with Gasteiger partial charge in [0.25, 0.3) is 0 Å². The number of hydrogen-bond donors (Lipinski definition) is 1. The molecule has 5 nitrogen and oxygen atoms in total. The lowest BCUT2D eigenvalue weighted by Gasteiger charge is -2.35. The Morgan fingerprint density at radius 2 is 1.65 bits per heavy atom. The molecule has 1 aliphatic heterocycles. The number of nitrogens with zero attached hydrogens (tertiary/aromatic N) is 2. The molecule has 0 radical (unpaired) electrons. The van der Waals surface area contributed by atoms with Crippen molar-refractivity contribution in [3.8, 4) is 0 Å². The molecule has 1 aliphatic carbocycles. The summed E-state index contributed by atoms with van der Waals surface area (Å²) in [4.78, 5) is 4.54. The summed E-state index contributed by atoms with van der Waals surface area (Å²) in [5.74, 6) is 0. The Morgan fingerprint density at radius 1 is 1.04 bits per heavy atom. The van der Waals surface area contributed by atoms with Crippen LogP contribution < -0.4 is 9.62 Å². The van der Waals surface area contributed by atoms with Crippen LogP contribution in [0.15, 0.2) is 24.3 Å². The van der Waals surface area contributed by atoms with Gasteiger partial charge in [-0.3, -0.25) is 4.90 Å². The predicted octanol–water partition coefficient (Wildman–Crippen LogP) is 3.14. The van der Waals surface area contributed by atoms with Gasteiger partial charge >= 0.3 is 0 Å². The highest BCUT2D eigenvalue weighted by atomic mass is 32.2. The summed E-state index contributed by atoms with van der Waals surface area (Å²) in [6.07, 6.45) is 7.35. The largest absolute Gasteiger partial charge is 0.378 e. The van der Waals surface area contributed by atoms with E-state index in [0.29, 0.717) is 6.54 Å². The lowest BCUT2D eigenvalue weighted by atomic mass is 10.0. The summed E-state index contributed by atoms with van der Waals surface area (Å²) in [5, 5.41) is -0.194. The standard InChI is InChI=1S/C20H33N3O2S/c1-22(2)18-12-10-17(11-13-18)20(23-14-6-3-7-15-23)16-21-26(24,25)19-8-4-5-9-19/h10-13,19-21H,3-9,14-16H2,1-2H3. The van der Waals surface area contributed by atoms with Crippen LogP contribution in [0.5, 0.6) is 0 Å². The molecule has 0 bridgehead atoms. The maximum absolute atomic E-state index is 12.7. The second-order valence-corrected chi connectivity index (χ2v) is 9.94. The van der Waals surface area contributed by atoms with E-state index in [4.69, 9.17) is 0 Å². The van der Waals surface area contributed by atoms with Crippen molar-refractivity contribution >= 4 is 15.7 Å². The second kappa shape index (κ2) is 8.72. The second-order valence-electron chi connectivity index (χ2n) is 7.90. The highest BCUT2D eigenvalue weighted by Gasteiger charge is 2.30. The zero-order valence-electron chi connectivity index (χ0n) is 16.2. The van der Waals surface area contributed by atoms with Gasteiger partial charge in [0.2, 0.25) is 10.0 Å². The van der Waals surface area contributed by atoms with Crippen LogP contribution in [0, 0.1) is 0 Å². The average molecular weight is 380 g/mol. The van der Waals surface area contributed by atoms with Gasteiger partial charge in [0.15, 0.2) is 0 Å². The molecule has 2 fully saturated rings. The topological polar surface area (TPSA) is 52.7 Å². The van der Waals surface area contributed by atoms with Crippen molar-refractivity contribution in [3.05, 3.63) is 29.8 Å². The van der Waals surface area contributed by atoms with Gasteiger partial charge in [-0.05, 0) is 56.5 Å². The Balaban J connectivity index is 1.74. The van der Waals surface area contributed by atoms with Gasteiger partial charge in [-0.1, -0.05) is 31.4 Å². The van der Waals surface area contributed by atoms with Crippen molar-refractivity contribution in [3.63, 3.8) is 0 Å². The fourth-order valence-electron chi connectivity index (χ4n) is 4.19. The first-order valence-electron chi connectivity index (χ1n) is 9.97. The van der Waals surface area contributed by atoms with Crippen LogP contribution in [-0.2, 0) is 10.0 Å². The predicted molar refractivity (Wildman–Crippen MR) is 108 cm³/mol. The van der Waals surface area contributed by atoms with Crippen molar-refractivity contribution in [2.24, 2.45) is 0 Å². The zero-order chi connectivity index (χ0) is 18.6. The Morgan fingerprint density at radius 3 is 2.23 bits per heavy atom. The fourth-order valence-corrected chi connectivity index (χ4v) is 5.77. The zero-order valence-corrected chi connectivity index (χ0v) is 17.0. The van der Waals surface area contributed by atoms with Crippen LogP contribution in [0.2, 0.25) is 0 Å². The third kappa shape index (κ3) is 4.78. The van der Waals surface area contributed by atoms with Crippen LogP contribution >= 0.6 is 0 Å². The number of benzene rings is 1. The van der Waals surface area contributed by atoms with E-state index in [0.717, 1.165) is 44.5 Å². The van der Waals surface area contributed by atoms with Gasteiger partial charge in [0.05, 0.1) is 5.25 Å². The van der Waals surface area contributed by atoms with Gasteiger partial charge in [-0.25, -0.2) is 13.1 Å². The summed E-state index contributed by atoms with van der Waals surface area (Å²) < 4.78 is 28.3. The number of nitrogens with one attached hydrogen (secondary N) is 1. The highest BCUT2D eigenvalue weighted by Crippen LogP contribution is 2.28. The van der Waals surface area contributed by atoms with Gasteiger partial charge in [0, 0.05) is 32.4 Å². The van der Waals surface area contributed by atoms with Crippen LogP contribution in [0.25, 0.3) is 0 Å². The van der Waals surface area contributed by atoms with Crippen molar-refractivity contribution in [2.75, 3.05) is 38.6 Å². The molecule has 1 atom stereocenters. The molecule has 0 aromatic heterocycles. The van der Waals surface area contributed by atoms with Crippen LogP contribution in [-0.4, -0.2) is 52.3 Å². The summed E-state index contributed by atoms with van der Waals surface area (Å²) in [6.45, 7) is 2.57. The monoisotopic (exact) mass is 379 g/mol. The molecule has 2 aliphatic rings. The van der Waals surface area contributed by atoms with E-state index < -0.39 is 10.0 Å². The molecule has 146 valence electrons. The number of sulfonamides is 1. The highest BCUT2D eigenvalue weighted by molar-refractivity contribution is 7.90.